The van der Waals surface area contributed by atoms with Gasteiger partial charge < -0.3 is 20.2 Å². The molecule has 8 heteroatoms. The number of carbonyl (C=O) groups is 3. The lowest BCUT2D eigenvalue weighted by Gasteiger charge is -2.21. The molecule has 1 aliphatic heterocycles. The molecule has 1 saturated heterocycles. The van der Waals surface area contributed by atoms with Crippen LogP contribution in [0.4, 0.5) is 4.79 Å². The van der Waals surface area contributed by atoms with E-state index in [0.717, 1.165) is 0 Å². The van der Waals surface area contributed by atoms with E-state index in [1.54, 1.807) is 14.1 Å². The Hall–Kier alpha value is -1.44. The highest BCUT2D eigenvalue weighted by Gasteiger charge is 2.34. The lowest BCUT2D eigenvalue weighted by Crippen LogP contribution is -2.49. The third-order valence-corrected chi connectivity index (χ3v) is 3.33. The summed E-state index contributed by atoms with van der Waals surface area (Å²) in [5.74, 6) is -0.551. The van der Waals surface area contributed by atoms with Crippen molar-refractivity contribution < 1.29 is 19.5 Å². The van der Waals surface area contributed by atoms with Crippen LogP contribution in [0.3, 0.4) is 0 Å². The Labute approximate surface area is 103 Å². The number of rotatable bonds is 3. The lowest BCUT2D eigenvalue weighted by molar-refractivity contribution is -0.140. The SMILES string of the molecule is CN(C)C(=O)CNC(=O)N1CSCC1C(=O)O. The number of nitrogens with one attached hydrogen (secondary N) is 1. The van der Waals surface area contributed by atoms with E-state index in [4.69, 9.17) is 5.11 Å². The number of aliphatic carboxylic acids is 1. The summed E-state index contributed by atoms with van der Waals surface area (Å²) in [7, 11) is 3.17. The zero-order valence-corrected chi connectivity index (χ0v) is 10.5. The Balaban J connectivity index is 2.47. The molecular formula is C9H15N3O4S. The summed E-state index contributed by atoms with van der Waals surface area (Å²) in [5.41, 5.74) is 0. The first-order valence-corrected chi connectivity index (χ1v) is 6.14. The van der Waals surface area contributed by atoms with Gasteiger partial charge in [-0.1, -0.05) is 0 Å². The van der Waals surface area contributed by atoms with Crippen LogP contribution < -0.4 is 5.32 Å². The van der Waals surface area contributed by atoms with Gasteiger partial charge in [0.25, 0.3) is 0 Å². The van der Waals surface area contributed by atoms with Crippen LogP contribution in [0, 0.1) is 0 Å². The number of nitrogens with zero attached hydrogens (tertiary/aromatic N) is 2. The van der Waals surface area contributed by atoms with Crippen LogP contribution in [0.1, 0.15) is 0 Å². The number of carbonyl (C=O) groups excluding carboxylic acids is 2. The van der Waals surface area contributed by atoms with Gasteiger partial charge in [-0.25, -0.2) is 9.59 Å². The largest absolute Gasteiger partial charge is 0.480 e. The Bertz CT molecular complexity index is 334. The van der Waals surface area contributed by atoms with Gasteiger partial charge in [0, 0.05) is 19.8 Å². The molecule has 96 valence electrons. The van der Waals surface area contributed by atoms with Crippen LogP contribution in [-0.2, 0) is 9.59 Å². The van der Waals surface area contributed by atoms with Gasteiger partial charge in [0.2, 0.25) is 5.91 Å². The van der Waals surface area contributed by atoms with Crippen LogP contribution in [0.15, 0.2) is 0 Å². The van der Waals surface area contributed by atoms with E-state index in [-0.39, 0.29) is 12.5 Å². The van der Waals surface area contributed by atoms with E-state index in [1.807, 2.05) is 0 Å². The van der Waals surface area contributed by atoms with Crippen molar-refractivity contribution in [3.63, 3.8) is 0 Å². The Morgan fingerprint density at radius 2 is 2.12 bits per heavy atom. The van der Waals surface area contributed by atoms with Crippen molar-refractivity contribution in [2.24, 2.45) is 0 Å². The number of carboxylic acids is 1. The second-order valence-electron chi connectivity index (χ2n) is 3.77. The molecular weight excluding hydrogens is 246 g/mol. The molecule has 1 atom stereocenters. The maximum atomic E-state index is 11.7. The number of carboxylic acid groups (broad SMARTS) is 1. The highest BCUT2D eigenvalue weighted by Crippen LogP contribution is 2.20. The van der Waals surface area contributed by atoms with E-state index < -0.39 is 18.0 Å². The van der Waals surface area contributed by atoms with E-state index in [2.05, 4.69) is 5.32 Å². The molecule has 1 rings (SSSR count). The number of hydrogen-bond acceptors (Lipinski definition) is 4. The summed E-state index contributed by atoms with van der Waals surface area (Å²) in [5, 5.41) is 11.3. The topological polar surface area (TPSA) is 90.0 Å². The predicted molar refractivity (Wildman–Crippen MR) is 62.7 cm³/mol. The molecule has 0 aromatic rings. The first-order valence-electron chi connectivity index (χ1n) is 4.98. The van der Waals surface area contributed by atoms with E-state index in [1.165, 1.54) is 21.6 Å². The van der Waals surface area contributed by atoms with E-state index >= 15 is 0 Å². The fourth-order valence-corrected chi connectivity index (χ4v) is 2.40. The third kappa shape index (κ3) is 3.52. The fourth-order valence-electron chi connectivity index (χ4n) is 1.26. The molecule has 0 aliphatic carbocycles. The highest BCUT2D eigenvalue weighted by atomic mass is 32.2. The minimum Gasteiger partial charge on any atom is -0.480 e. The quantitative estimate of drug-likeness (QED) is 0.697. The molecule has 0 saturated carbocycles. The van der Waals surface area contributed by atoms with E-state index in [9.17, 15) is 14.4 Å². The summed E-state index contributed by atoms with van der Waals surface area (Å²) in [6.07, 6.45) is 0. The molecule has 0 spiro atoms. The Kier molecular flexibility index (Phi) is 4.62. The molecule has 2 N–H and O–H groups in total. The maximum Gasteiger partial charge on any atom is 0.327 e. The zero-order valence-electron chi connectivity index (χ0n) is 9.67. The molecule has 1 fully saturated rings. The first kappa shape index (κ1) is 13.6. The van der Waals surface area contributed by atoms with Gasteiger partial charge in [0.1, 0.15) is 6.04 Å². The normalized spacial score (nSPS) is 18.9. The highest BCUT2D eigenvalue weighted by molar-refractivity contribution is 7.99. The van der Waals surface area contributed by atoms with Crippen LogP contribution in [0.2, 0.25) is 0 Å². The molecule has 0 aromatic carbocycles. The average molecular weight is 261 g/mol. The average Bonchev–Trinajstić information content (AvgIpc) is 2.73. The number of urea groups is 1. The fraction of sp³-hybridized carbons (Fsp3) is 0.667. The molecule has 1 aliphatic rings. The van der Waals surface area contributed by atoms with Crippen molar-refractivity contribution in [3.05, 3.63) is 0 Å². The van der Waals surface area contributed by atoms with Crippen LogP contribution >= 0.6 is 11.8 Å². The van der Waals surface area contributed by atoms with Gasteiger partial charge in [-0.2, -0.15) is 0 Å². The molecule has 0 bridgehead atoms. The number of likely N-dealkylation sites (N-methyl/N-ethyl adjacent to an activating group) is 1. The smallest absolute Gasteiger partial charge is 0.327 e. The molecule has 0 radical (unpaired) electrons. The number of thioether (sulfide) groups is 1. The molecule has 0 aromatic heterocycles. The molecule has 3 amide bonds. The molecule has 1 unspecified atom stereocenters. The van der Waals surface area contributed by atoms with Crippen molar-refractivity contribution in [2.45, 2.75) is 6.04 Å². The maximum absolute atomic E-state index is 11.7. The second kappa shape index (κ2) is 5.76. The molecule has 1 heterocycles. The second-order valence-corrected chi connectivity index (χ2v) is 4.77. The zero-order chi connectivity index (χ0) is 13.0. The standard InChI is InChI=1S/C9H15N3O4S/c1-11(2)7(13)3-10-9(16)12-5-17-4-6(12)8(14)15/h6H,3-5H2,1-2H3,(H,10,16)(H,14,15). The summed E-state index contributed by atoms with van der Waals surface area (Å²) in [6.45, 7) is -0.126. The summed E-state index contributed by atoms with van der Waals surface area (Å²) < 4.78 is 0. The van der Waals surface area contributed by atoms with Crippen LogP contribution in [0.5, 0.6) is 0 Å². The summed E-state index contributed by atoms with van der Waals surface area (Å²) in [6, 6.07) is -1.33. The third-order valence-electron chi connectivity index (χ3n) is 2.32. The van der Waals surface area contributed by atoms with Gasteiger partial charge in [0.15, 0.2) is 0 Å². The van der Waals surface area contributed by atoms with Gasteiger partial charge in [-0.15, -0.1) is 11.8 Å². The van der Waals surface area contributed by atoms with E-state index in [0.29, 0.717) is 11.6 Å². The first-order chi connectivity index (χ1) is 7.93. The van der Waals surface area contributed by atoms with Crippen molar-refractivity contribution in [1.29, 1.82) is 0 Å². The predicted octanol–water partition coefficient (Wildman–Crippen LogP) is -0.756. The van der Waals surface area contributed by atoms with Crippen molar-refractivity contribution in [2.75, 3.05) is 32.3 Å². The van der Waals surface area contributed by atoms with Crippen molar-refractivity contribution >= 4 is 29.7 Å². The monoisotopic (exact) mass is 261 g/mol. The number of amides is 3. The minimum absolute atomic E-state index is 0.126. The van der Waals surface area contributed by atoms with Gasteiger partial charge in [-0.05, 0) is 0 Å². The van der Waals surface area contributed by atoms with Gasteiger partial charge in [-0.3, -0.25) is 4.79 Å². The van der Waals surface area contributed by atoms with Crippen molar-refractivity contribution in [3.8, 4) is 0 Å². The number of hydrogen-bond donors (Lipinski definition) is 2. The lowest BCUT2D eigenvalue weighted by atomic mass is 10.3. The Morgan fingerprint density at radius 3 is 2.65 bits per heavy atom. The summed E-state index contributed by atoms with van der Waals surface area (Å²) >= 11 is 1.38. The van der Waals surface area contributed by atoms with Crippen LogP contribution in [-0.4, -0.2) is 71.1 Å². The molecule has 17 heavy (non-hydrogen) atoms. The van der Waals surface area contributed by atoms with Crippen LogP contribution in [0.25, 0.3) is 0 Å². The molecule has 7 nitrogen and oxygen atoms in total. The van der Waals surface area contributed by atoms with Gasteiger partial charge in [0.05, 0.1) is 12.4 Å². The van der Waals surface area contributed by atoms with Crippen molar-refractivity contribution in [1.82, 2.24) is 15.1 Å². The minimum atomic E-state index is -1.02. The summed E-state index contributed by atoms with van der Waals surface area (Å²) in [4.78, 5) is 36.3. The Morgan fingerprint density at radius 1 is 1.47 bits per heavy atom. The van der Waals surface area contributed by atoms with Gasteiger partial charge >= 0.3 is 12.0 Å².